The second-order valence-electron chi connectivity index (χ2n) is 6.25. The van der Waals surface area contributed by atoms with Crippen molar-refractivity contribution in [1.29, 1.82) is 0 Å². The molecule has 0 radical (unpaired) electrons. The van der Waals surface area contributed by atoms with E-state index in [0.717, 1.165) is 19.5 Å². The number of H-pyrrole nitrogens is 1. The van der Waals surface area contributed by atoms with Crippen LogP contribution >= 0.6 is 11.6 Å². The molecular weight excluding hydrogens is 334 g/mol. The fourth-order valence-corrected chi connectivity index (χ4v) is 3.38. The van der Waals surface area contributed by atoms with Gasteiger partial charge < -0.3 is 4.98 Å². The summed E-state index contributed by atoms with van der Waals surface area (Å²) in [5, 5.41) is 1.16. The van der Waals surface area contributed by atoms with E-state index in [9.17, 15) is 4.79 Å². The van der Waals surface area contributed by atoms with Gasteiger partial charge in [0.25, 0.3) is 5.56 Å². The van der Waals surface area contributed by atoms with E-state index in [-0.39, 0.29) is 5.56 Å². The quantitative estimate of drug-likeness (QED) is 0.779. The van der Waals surface area contributed by atoms with Gasteiger partial charge in [0.1, 0.15) is 5.82 Å². The maximum atomic E-state index is 12.2. The van der Waals surface area contributed by atoms with Crippen LogP contribution in [0.2, 0.25) is 5.02 Å². The maximum Gasteiger partial charge on any atom is 0.258 e. The molecule has 0 unspecified atom stereocenters. The third-order valence-corrected chi connectivity index (χ3v) is 4.76. The molecule has 2 aromatic carbocycles. The van der Waals surface area contributed by atoms with Gasteiger partial charge in [0.2, 0.25) is 0 Å². The molecule has 3 aromatic rings. The second kappa shape index (κ2) is 6.82. The molecular formula is C20H18ClN3O. The number of rotatable bonds is 3. The lowest BCUT2D eigenvalue weighted by molar-refractivity contribution is 0.286. The molecule has 0 fully saturated rings. The smallest absolute Gasteiger partial charge is 0.258 e. The number of hydrogen-bond acceptors (Lipinski definition) is 3. The Bertz CT molecular complexity index is 995. The zero-order valence-electron chi connectivity index (χ0n) is 13.7. The van der Waals surface area contributed by atoms with Gasteiger partial charge >= 0.3 is 0 Å². The molecule has 0 atom stereocenters. The Morgan fingerprint density at radius 3 is 2.76 bits per heavy atom. The fourth-order valence-electron chi connectivity index (χ4n) is 3.22. The maximum absolute atomic E-state index is 12.2. The first-order chi connectivity index (χ1) is 12.2. The lowest BCUT2D eigenvalue weighted by atomic mass is 10.00. The van der Waals surface area contributed by atoms with Crippen LogP contribution < -0.4 is 5.56 Å². The number of aromatic nitrogens is 2. The van der Waals surface area contributed by atoms with Crippen molar-refractivity contribution in [1.82, 2.24) is 14.9 Å². The third kappa shape index (κ3) is 3.50. The van der Waals surface area contributed by atoms with Gasteiger partial charge in [-0.1, -0.05) is 48.0 Å². The molecule has 2 heterocycles. The van der Waals surface area contributed by atoms with E-state index in [0.29, 0.717) is 28.3 Å². The average Bonchev–Trinajstić information content (AvgIpc) is 2.63. The highest BCUT2D eigenvalue weighted by molar-refractivity contribution is 6.31. The van der Waals surface area contributed by atoms with Crippen LogP contribution in [0.3, 0.4) is 0 Å². The standard InChI is InChI=1S/C20H18ClN3O/c21-16-6-7-17-18(12-16)22-19(23-20(17)25)13-24-10-8-15(9-11-24)14-4-2-1-3-5-14/h1-8,12H,9-11,13H2,(H,22,23,25). The Kier molecular flexibility index (Phi) is 4.38. The van der Waals surface area contributed by atoms with E-state index in [1.54, 1.807) is 18.2 Å². The van der Waals surface area contributed by atoms with Crippen LogP contribution in [0.25, 0.3) is 16.5 Å². The van der Waals surface area contributed by atoms with Gasteiger partial charge in [-0.05, 0) is 35.8 Å². The minimum Gasteiger partial charge on any atom is -0.309 e. The normalized spacial score (nSPS) is 15.3. The van der Waals surface area contributed by atoms with Gasteiger partial charge in [0.15, 0.2) is 0 Å². The second-order valence-corrected chi connectivity index (χ2v) is 6.69. The third-order valence-electron chi connectivity index (χ3n) is 4.53. The first-order valence-electron chi connectivity index (χ1n) is 8.34. The zero-order valence-corrected chi connectivity index (χ0v) is 14.5. The molecule has 0 saturated heterocycles. The van der Waals surface area contributed by atoms with Crippen LogP contribution in [0.15, 0.2) is 59.4 Å². The van der Waals surface area contributed by atoms with E-state index in [2.05, 4.69) is 45.2 Å². The van der Waals surface area contributed by atoms with Crippen molar-refractivity contribution in [3.63, 3.8) is 0 Å². The highest BCUT2D eigenvalue weighted by Gasteiger charge is 2.14. The Labute approximate surface area is 150 Å². The molecule has 0 aliphatic carbocycles. The monoisotopic (exact) mass is 351 g/mol. The summed E-state index contributed by atoms with van der Waals surface area (Å²) in [6, 6.07) is 15.6. The summed E-state index contributed by atoms with van der Waals surface area (Å²) in [7, 11) is 0. The van der Waals surface area contributed by atoms with Crippen molar-refractivity contribution in [2.75, 3.05) is 13.1 Å². The van der Waals surface area contributed by atoms with Crippen LogP contribution in [-0.2, 0) is 6.54 Å². The Hall–Kier alpha value is -2.43. The molecule has 1 aliphatic rings. The van der Waals surface area contributed by atoms with Gasteiger partial charge in [-0.25, -0.2) is 4.98 Å². The van der Waals surface area contributed by atoms with Crippen LogP contribution in [0.5, 0.6) is 0 Å². The van der Waals surface area contributed by atoms with Crippen molar-refractivity contribution >= 4 is 28.1 Å². The van der Waals surface area contributed by atoms with Gasteiger partial charge in [-0.3, -0.25) is 9.69 Å². The number of benzene rings is 2. The summed E-state index contributed by atoms with van der Waals surface area (Å²) >= 11 is 6.02. The van der Waals surface area contributed by atoms with Crippen molar-refractivity contribution in [3.05, 3.63) is 81.4 Å². The molecule has 126 valence electrons. The van der Waals surface area contributed by atoms with Crippen LogP contribution in [0, 0.1) is 0 Å². The first-order valence-corrected chi connectivity index (χ1v) is 8.72. The van der Waals surface area contributed by atoms with Crippen molar-refractivity contribution in [2.45, 2.75) is 13.0 Å². The summed E-state index contributed by atoms with van der Waals surface area (Å²) in [5.41, 5.74) is 3.19. The van der Waals surface area contributed by atoms with E-state index in [1.165, 1.54) is 11.1 Å². The summed E-state index contributed by atoms with van der Waals surface area (Å²) in [6.07, 6.45) is 3.25. The highest BCUT2D eigenvalue weighted by atomic mass is 35.5. The fraction of sp³-hybridized carbons (Fsp3) is 0.200. The first kappa shape index (κ1) is 16.1. The Balaban J connectivity index is 1.53. The summed E-state index contributed by atoms with van der Waals surface area (Å²) < 4.78 is 0. The number of halogens is 1. The van der Waals surface area contributed by atoms with E-state index < -0.39 is 0 Å². The largest absolute Gasteiger partial charge is 0.309 e. The lowest BCUT2D eigenvalue weighted by Crippen LogP contribution is -2.29. The number of nitrogens with one attached hydrogen (secondary N) is 1. The molecule has 4 rings (SSSR count). The minimum absolute atomic E-state index is 0.116. The number of nitrogens with zero attached hydrogens (tertiary/aromatic N) is 2. The highest BCUT2D eigenvalue weighted by Crippen LogP contribution is 2.22. The van der Waals surface area contributed by atoms with Crippen LogP contribution in [-0.4, -0.2) is 28.0 Å². The van der Waals surface area contributed by atoms with Crippen molar-refractivity contribution < 1.29 is 0 Å². The molecule has 4 nitrogen and oxygen atoms in total. The van der Waals surface area contributed by atoms with E-state index >= 15 is 0 Å². The molecule has 1 aromatic heterocycles. The topological polar surface area (TPSA) is 49.0 Å². The molecule has 1 aliphatic heterocycles. The van der Waals surface area contributed by atoms with E-state index in [1.807, 2.05) is 6.07 Å². The summed E-state index contributed by atoms with van der Waals surface area (Å²) in [4.78, 5) is 22.0. The summed E-state index contributed by atoms with van der Waals surface area (Å²) in [5.74, 6) is 0.677. The number of fused-ring (bicyclic) bond motifs is 1. The van der Waals surface area contributed by atoms with Crippen LogP contribution in [0.4, 0.5) is 0 Å². The van der Waals surface area contributed by atoms with Gasteiger partial charge in [0.05, 0.1) is 17.4 Å². The zero-order chi connectivity index (χ0) is 17.2. The Morgan fingerprint density at radius 2 is 2.00 bits per heavy atom. The van der Waals surface area contributed by atoms with Crippen LogP contribution in [0.1, 0.15) is 17.8 Å². The minimum atomic E-state index is -0.116. The number of hydrogen-bond donors (Lipinski definition) is 1. The molecule has 0 saturated carbocycles. The average molecular weight is 352 g/mol. The SMILES string of the molecule is O=c1[nH]c(CN2CC=C(c3ccccc3)CC2)nc2cc(Cl)ccc12. The van der Waals surface area contributed by atoms with Gasteiger partial charge in [-0.2, -0.15) is 0 Å². The van der Waals surface area contributed by atoms with Gasteiger partial charge in [0, 0.05) is 18.1 Å². The molecule has 25 heavy (non-hydrogen) atoms. The molecule has 0 spiro atoms. The van der Waals surface area contributed by atoms with E-state index in [4.69, 9.17) is 11.6 Å². The Morgan fingerprint density at radius 1 is 1.16 bits per heavy atom. The molecule has 5 heteroatoms. The predicted octanol–water partition coefficient (Wildman–Crippen LogP) is 3.87. The van der Waals surface area contributed by atoms with Crippen molar-refractivity contribution in [3.8, 4) is 0 Å². The molecule has 1 N–H and O–H groups in total. The molecule has 0 amide bonds. The molecule has 0 bridgehead atoms. The van der Waals surface area contributed by atoms with Gasteiger partial charge in [-0.15, -0.1) is 0 Å². The predicted molar refractivity (Wildman–Crippen MR) is 102 cm³/mol. The summed E-state index contributed by atoms with van der Waals surface area (Å²) in [6.45, 7) is 2.41. The number of aromatic amines is 1. The lowest BCUT2D eigenvalue weighted by Gasteiger charge is -2.26. The van der Waals surface area contributed by atoms with Crippen molar-refractivity contribution in [2.24, 2.45) is 0 Å².